The molecule has 90 valence electrons. The number of hydrogen-bond donors (Lipinski definition) is 1. The van der Waals surface area contributed by atoms with Gasteiger partial charge in [0.05, 0.1) is 0 Å². The van der Waals surface area contributed by atoms with E-state index in [0.29, 0.717) is 0 Å². The van der Waals surface area contributed by atoms with Gasteiger partial charge in [0.15, 0.2) is 0 Å². The molecule has 3 heteroatoms. The number of likely N-dealkylation sites (N-methyl/N-ethyl adjacent to an activating group) is 2. The second-order valence-corrected chi connectivity index (χ2v) is 5.09. The van der Waals surface area contributed by atoms with Gasteiger partial charge < -0.3 is 15.1 Å². The largest absolute Gasteiger partial charge is 0.317 e. The van der Waals surface area contributed by atoms with Crippen LogP contribution in [0.4, 0.5) is 0 Å². The molecule has 1 saturated carbocycles. The van der Waals surface area contributed by atoms with E-state index in [1.807, 2.05) is 0 Å². The summed E-state index contributed by atoms with van der Waals surface area (Å²) in [4.78, 5) is 4.79. The lowest BCUT2D eigenvalue weighted by Crippen LogP contribution is -2.43. The van der Waals surface area contributed by atoms with Crippen molar-refractivity contribution >= 4 is 0 Å². The van der Waals surface area contributed by atoms with Gasteiger partial charge in [-0.25, -0.2) is 0 Å². The molecule has 0 aromatic rings. The predicted molar refractivity (Wildman–Crippen MR) is 66.3 cm³/mol. The van der Waals surface area contributed by atoms with Crippen LogP contribution in [-0.2, 0) is 0 Å². The molecule has 1 aliphatic rings. The molecule has 1 rings (SSSR count). The summed E-state index contributed by atoms with van der Waals surface area (Å²) in [6.07, 6.45) is 5.43. The first-order valence-electron chi connectivity index (χ1n) is 6.15. The molecular formula is C12H27N3. The summed E-state index contributed by atoms with van der Waals surface area (Å²) in [6.45, 7) is 2.35. The van der Waals surface area contributed by atoms with Crippen LogP contribution in [0.3, 0.4) is 0 Å². The Kier molecular flexibility index (Phi) is 5.58. The lowest BCUT2D eigenvalue weighted by Gasteiger charge is -2.35. The maximum Gasteiger partial charge on any atom is 0.0109 e. The molecule has 2 atom stereocenters. The average Bonchev–Trinajstić information content (AvgIpc) is 2.26. The summed E-state index contributed by atoms with van der Waals surface area (Å²) in [6, 6.07) is 1.53. The predicted octanol–water partition coefficient (Wildman–Crippen LogP) is 1.01. The molecule has 0 radical (unpaired) electrons. The van der Waals surface area contributed by atoms with Crippen molar-refractivity contribution in [2.24, 2.45) is 0 Å². The van der Waals surface area contributed by atoms with E-state index in [2.05, 4.69) is 43.3 Å². The van der Waals surface area contributed by atoms with Gasteiger partial charge in [-0.05, 0) is 47.5 Å². The summed E-state index contributed by atoms with van der Waals surface area (Å²) >= 11 is 0. The first kappa shape index (κ1) is 12.9. The number of nitrogens with one attached hydrogen (secondary N) is 1. The van der Waals surface area contributed by atoms with Crippen molar-refractivity contribution in [2.75, 3.05) is 41.3 Å². The molecule has 0 heterocycles. The first-order chi connectivity index (χ1) is 7.13. The highest BCUT2D eigenvalue weighted by Crippen LogP contribution is 2.21. The van der Waals surface area contributed by atoms with Crippen LogP contribution in [0.2, 0.25) is 0 Å². The van der Waals surface area contributed by atoms with Gasteiger partial charge >= 0.3 is 0 Å². The molecule has 15 heavy (non-hydrogen) atoms. The quantitative estimate of drug-likeness (QED) is 0.735. The van der Waals surface area contributed by atoms with Crippen LogP contribution in [0.15, 0.2) is 0 Å². The summed E-state index contributed by atoms with van der Waals surface area (Å²) in [5, 5.41) is 3.42. The molecule has 1 aliphatic carbocycles. The summed E-state index contributed by atoms with van der Waals surface area (Å²) in [5.41, 5.74) is 0. The van der Waals surface area contributed by atoms with Crippen molar-refractivity contribution in [1.82, 2.24) is 15.1 Å². The van der Waals surface area contributed by atoms with E-state index in [9.17, 15) is 0 Å². The molecule has 2 unspecified atom stereocenters. The van der Waals surface area contributed by atoms with Gasteiger partial charge in [0.25, 0.3) is 0 Å². The number of rotatable bonds is 5. The van der Waals surface area contributed by atoms with Crippen LogP contribution < -0.4 is 5.32 Å². The molecular weight excluding hydrogens is 186 g/mol. The lowest BCUT2D eigenvalue weighted by molar-refractivity contribution is 0.160. The van der Waals surface area contributed by atoms with Gasteiger partial charge in [0.1, 0.15) is 0 Å². The fourth-order valence-electron chi connectivity index (χ4n) is 2.37. The topological polar surface area (TPSA) is 18.5 Å². The molecule has 0 aromatic carbocycles. The van der Waals surface area contributed by atoms with Crippen LogP contribution in [0, 0.1) is 0 Å². The van der Waals surface area contributed by atoms with E-state index in [1.165, 1.54) is 32.2 Å². The molecule has 0 spiro atoms. The minimum atomic E-state index is 0.741. The van der Waals surface area contributed by atoms with Crippen molar-refractivity contribution in [1.29, 1.82) is 0 Å². The zero-order valence-corrected chi connectivity index (χ0v) is 10.8. The van der Waals surface area contributed by atoms with Crippen LogP contribution in [-0.4, -0.2) is 63.2 Å². The van der Waals surface area contributed by atoms with Crippen molar-refractivity contribution in [2.45, 2.75) is 37.8 Å². The highest BCUT2D eigenvalue weighted by atomic mass is 15.2. The Morgan fingerprint density at radius 3 is 2.47 bits per heavy atom. The normalized spacial score (nSPS) is 27.6. The van der Waals surface area contributed by atoms with Crippen molar-refractivity contribution in [3.8, 4) is 0 Å². The minimum Gasteiger partial charge on any atom is -0.317 e. The minimum absolute atomic E-state index is 0.741. The summed E-state index contributed by atoms with van der Waals surface area (Å²) in [7, 11) is 8.65. The molecule has 1 N–H and O–H groups in total. The van der Waals surface area contributed by atoms with E-state index in [4.69, 9.17) is 0 Å². The van der Waals surface area contributed by atoms with Crippen molar-refractivity contribution in [3.05, 3.63) is 0 Å². The number of hydrogen-bond acceptors (Lipinski definition) is 3. The highest BCUT2D eigenvalue weighted by molar-refractivity contribution is 4.82. The van der Waals surface area contributed by atoms with Crippen LogP contribution in [0.1, 0.15) is 25.7 Å². The Hall–Kier alpha value is -0.120. The van der Waals surface area contributed by atoms with Gasteiger partial charge in [0.2, 0.25) is 0 Å². The van der Waals surface area contributed by atoms with Crippen LogP contribution in [0.25, 0.3) is 0 Å². The molecule has 3 nitrogen and oxygen atoms in total. The lowest BCUT2D eigenvalue weighted by atomic mass is 9.90. The second-order valence-electron chi connectivity index (χ2n) is 5.09. The maximum atomic E-state index is 3.42. The Bertz CT molecular complexity index is 170. The Balaban J connectivity index is 2.28. The van der Waals surface area contributed by atoms with Gasteiger partial charge in [-0.1, -0.05) is 6.42 Å². The zero-order chi connectivity index (χ0) is 11.3. The van der Waals surface area contributed by atoms with E-state index in [1.54, 1.807) is 0 Å². The highest BCUT2D eigenvalue weighted by Gasteiger charge is 2.23. The SMILES string of the molecule is CNC1CCCC(N(C)CCN(C)C)C1. The molecule has 0 saturated heterocycles. The van der Waals surface area contributed by atoms with E-state index in [-0.39, 0.29) is 0 Å². The third kappa shape index (κ3) is 4.49. The zero-order valence-electron chi connectivity index (χ0n) is 10.8. The molecule has 0 aliphatic heterocycles. The monoisotopic (exact) mass is 213 g/mol. The Labute approximate surface area is 94.8 Å². The van der Waals surface area contributed by atoms with Gasteiger partial charge in [-0.15, -0.1) is 0 Å². The van der Waals surface area contributed by atoms with E-state index >= 15 is 0 Å². The van der Waals surface area contributed by atoms with Gasteiger partial charge in [-0.3, -0.25) is 0 Å². The third-order valence-corrected chi connectivity index (χ3v) is 3.58. The third-order valence-electron chi connectivity index (χ3n) is 3.58. The van der Waals surface area contributed by atoms with Crippen molar-refractivity contribution < 1.29 is 0 Å². The van der Waals surface area contributed by atoms with Gasteiger partial charge in [-0.2, -0.15) is 0 Å². The fourth-order valence-corrected chi connectivity index (χ4v) is 2.37. The standard InChI is InChI=1S/C12H27N3/c1-13-11-6-5-7-12(10-11)15(4)9-8-14(2)3/h11-13H,5-10H2,1-4H3. The molecule has 0 amide bonds. The molecule has 1 fully saturated rings. The van der Waals surface area contributed by atoms with Gasteiger partial charge in [0, 0.05) is 25.2 Å². The molecule has 0 aromatic heterocycles. The van der Waals surface area contributed by atoms with Crippen LogP contribution >= 0.6 is 0 Å². The second kappa shape index (κ2) is 6.46. The number of nitrogens with zero attached hydrogens (tertiary/aromatic N) is 2. The molecule has 0 bridgehead atoms. The Morgan fingerprint density at radius 2 is 1.87 bits per heavy atom. The smallest absolute Gasteiger partial charge is 0.0109 e. The average molecular weight is 213 g/mol. The fraction of sp³-hybridized carbons (Fsp3) is 1.00. The summed E-state index contributed by atoms with van der Waals surface area (Å²) < 4.78 is 0. The first-order valence-corrected chi connectivity index (χ1v) is 6.15. The maximum absolute atomic E-state index is 3.42. The van der Waals surface area contributed by atoms with E-state index < -0.39 is 0 Å². The Morgan fingerprint density at radius 1 is 1.13 bits per heavy atom. The van der Waals surface area contributed by atoms with E-state index in [0.717, 1.165) is 18.6 Å². The van der Waals surface area contributed by atoms with Crippen LogP contribution in [0.5, 0.6) is 0 Å². The summed E-state index contributed by atoms with van der Waals surface area (Å²) in [5.74, 6) is 0. The van der Waals surface area contributed by atoms with Crippen molar-refractivity contribution in [3.63, 3.8) is 0 Å².